The lowest BCUT2D eigenvalue weighted by atomic mass is 10.2. The van der Waals surface area contributed by atoms with E-state index in [1.807, 2.05) is 38.1 Å². The van der Waals surface area contributed by atoms with Gasteiger partial charge in [-0.05, 0) is 38.1 Å². The van der Waals surface area contributed by atoms with Crippen LogP contribution in [0.15, 0.2) is 40.8 Å². The maximum Gasteiger partial charge on any atom is 0.373 e. The van der Waals surface area contributed by atoms with Crippen LogP contribution in [0.2, 0.25) is 0 Å². The van der Waals surface area contributed by atoms with E-state index in [9.17, 15) is 4.79 Å². The summed E-state index contributed by atoms with van der Waals surface area (Å²) in [6.07, 6.45) is -0.277. The van der Waals surface area contributed by atoms with Crippen molar-refractivity contribution in [3.05, 3.63) is 53.5 Å². The fourth-order valence-corrected chi connectivity index (χ4v) is 1.66. The van der Waals surface area contributed by atoms with Gasteiger partial charge in [-0.25, -0.2) is 4.79 Å². The lowest BCUT2D eigenvalue weighted by molar-refractivity contribution is 0.0558. The zero-order chi connectivity index (χ0) is 13.8. The maximum atomic E-state index is 11.3. The molecule has 0 N–H and O–H groups in total. The number of hydrogen-bond donors (Lipinski definition) is 0. The minimum Gasteiger partial charge on any atom is -0.483 e. The van der Waals surface area contributed by atoms with Gasteiger partial charge < -0.3 is 13.9 Å². The van der Waals surface area contributed by atoms with Crippen LogP contribution in [-0.2, 0) is 4.74 Å². The molecule has 0 aliphatic rings. The van der Waals surface area contributed by atoms with E-state index in [0.29, 0.717) is 5.76 Å². The normalized spacial score (nSPS) is 11.9. The summed E-state index contributed by atoms with van der Waals surface area (Å²) in [6, 6.07) is 11.0. The largest absolute Gasteiger partial charge is 0.483 e. The van der Waals surface area contributed by atoms with Crippen molar-refractivity contribution in [2.75, 3.05) is 7.11 Å². The van der Waals surface area contributed by atoms with Gasteiger partial charge in [0.05, 0.1) is 7.11 Å². The summed E-state index contributed by atoms with van der Waals surface area (Å²) in [5.74, 6) is 1.03. The molecule has 2 aromatic rings. The van der Waals surface area contributed by atoms with Crippen LogP contribution < -0.4 is 4.74 Å². The van der Waals surface area contributed by atoms with Crippen molar-refractivity contribution < 1.29 is 18.7 Å². The van der Waals surface area contributed by atoms with Crippen molar-refractivity contribution in [1.29, 1.82) is 0 Å². The summed E-state index contributed by atoms with van der Waals surface area (Å²) in [6.45, 7) is 3.88. The summed E-state index contributed by atoms with van der Waals surface area (Å²) < 4.78 is 15.7. The molecule has 19 heavy (non-hydrogen) atoms. The smallest absolute Gasteiger partial charge is 0.373 e. The molecule has 100 valence electrons. The number of benzene rings is 1. The van der Waals surface area contributed by atoms with Gasteiger partial charge in [0.2, 0.25) is 5.76 Å². The molecule has 1 aromatic heterocycles. The molecule has 0 aliphatic carbocycles. The molecule has 1 heterocycles. The van der Waals surface area contributed by atoms with Crippen molar-refractivity contribution in [2.24, 2.45) is 0 Å². The van der Waals surface area contributed by atoms with Gasteiger partial charge in [0.25, 0.3) is 0 Å². The average Bonchev–Trinajstić information content (AvgIpc) is 2.90. The number of esters is 1. The van der Waals surface area contributed by atoms with E-state index >= 15 is 0 Å². The van der Waals surface area contributed by atoms with Crippen LogP contribution >= 0.6 is 0 Å². The van der Waals surface area contributed by atoms with Crippen molar-refractivity contribution in [1.82, 2.24) is 0 Å². The third-order valence-electron chi connectivity index (χ3n) is 2.75. The molecular formula is C15H16O4. The molecule has 0 spiro atoms. The minimum absolute atomic E-state index is 0.178. The Morgan fingerprint density at radius 2 is 1.84 bits per heavy atom. The highest BCUT2D eigenvalue weighted by atomic mass is 16.5. The van der Waals surface area contributed by atoms with Gasteiger partial charge in [-0.15, -0.1) is 0 Å². The Labute approximate surface area is 111 Å². The highest BCUT2D eigenvalue weighted by Gasteiger charge is 2.16. The van der Waals surface area contributed by atoms with Crippen molar-refractivity contribution in [3.8, 4) is 5.75 Å². The SMILES string of the molecule is COC(=O)c1ccc(C(C)Oc2ccc(C)cc2)o1. The molecule has 0 aliphatic heterocycles. The predicted octanol–water partition coefficient (Wildman–Crippen LogP) is 3.51. The lowest BCUT2D eigenvalue weighted by Gasteiger charge is -2.12. The van der Waals surface area contributed by atoms with E-state index in [1.165, 1.54) is 12.7 Å². The monoisotopic (exact) mass is 260 g/mol. The van der Waals surface area contributed by atoms with Crippen LogP contribution in [0.5, 0.6) is 5.75 Å². The Balaban J connectivity index is 2.07. The zero-order valence-electron chi connectivity index (χ0n) is 11.2. The van der Waals surface area contributed by atoms with Gasteiger partial charge in [-0.2, -0.15) is 0 Å². The van der Waals surface area contributed by atoms with Crippen LogP contribution in [-0.4, -0.2) is 13.1 Å². The maximum absolute atomic E-state index is 11.3. The summed E-state index contributed by atoms with van der Waals surface area (Å²) in [5, 5.41) is 0. The number of ether oxygens (including phenoxy) is 2. The molecule has 4 nitrogen and oxygen atoms in total. The second-order valence-corrected chi connectivity index (χ2v) is 4.27. The van der Waals surface area contributed by atoms with Gasteiger partial charge in [0.1, 0.15) is 11.5 Å². The van der Waals surface area contributed by atoms with E-state index in [4.69, 9.17) is 9.15 Å². The molecule has 0 saturated carbocycles. The molecule has 0 fully saturated rings. The molecule has 0 saturated heterocycles. The Morgan fingerprint density at radius 1 is 1.16 bits per heavy atom. The number of furan rings is 1. The number of methoxy groups -OCH3 is 1. The molecule has 0 amide bonds. The Bertz CT molecular complexity index is 554. The first-order valence-corrected chi connectivity index (χ1v) is 6.01. The average molecular weight is 260 g/mol. The topological polar surface area (TPSA) is 48.7 Å². The van der Waals surface area contributed by atoms with Crippen LogP contribution in [0.4, 0.5) is 0 Å². The standard InChI is InChI=1S/C15H16O4/c1-10-4-6-12(7-5-10)18-11(2)13-8-9-14(19-13)15(16)17-3/h4-9,11H,1-3H3. The quantitative estimate of drug-likeness (QED) is 0.789. The van der Waals surface area contributed by atoms with Crippen molar-refractivity contribution in [2.45, 2.75) is 20.0 Å². The minimum atomic E-state index is -0.492. The molecular weight excluding hydrogens is 244 g/mol. The first-order chi connectivity index (χ1) is 9.10. The van der Waals surface area contributed by atoms with E-state index in [0.717, 1.165) is 5.75 Å². The number of carbonyl (C=O) groups is 1. The molecule has 0 bridgehead atoms. The molecule has 1 atom stereocenters. The summed E-state index contributed by atoms with van der Waals surface area (Å²) in [5.41, 5.74) is 1.17. The summed E-state index contributed by atoms with van der Waals surface area (Å²) in [4.78, 5) is 11.3. The van der Waals surface area contributed by atoms with E-state index in [1.54, 1.807) is 12.1 Å². The predicted molar refractivity (Wildman–Crippen MR) is 70.3 cm³/mol. The van der Waals surface area contributed by atoms with E-state index < -0.39 is 5.97 Å². The van der Waals surface area contributed by atoms with Crippen molar-refractivity contribution >= 4 is 5.97 Å². The second-order valence-electron chi connectivity index (χ2n) is 4.27. The Morgan fingerprint density at radius 3 is 2.47 bits per heavy atom. The van der Waals surface area contributed by atoms with E-state index in [-0.39, 0.29) is 11.9 Å². The van der Waals surface area contributed by atoms with Gasteiger partial charge in [-0.1, -0.05) is 17.7 Å². The van der Waals surface area contributed by atoms with Crippen LogP contribution in [0.3, 0.4) is 0 Å². The third-order valence-corrected chi connectivity index (χ3v) is 2.75. The van der Waals surface area contributed by atoms with Crippen LogP contribution in [0.1, 0.15) is 34.9 Å². The first-order valence-electron chi connectivity index (χ1n) is 6.01. The molecule has 2 rings (SSSR count). The fraction of sp³-hybridized carbons (Fsp3) is 0.267. The van der Waals surface area contributed by atoms with E-state index in [2.05, 4.69) is 4.74 Å². The molecule has 1 aromatic carbocycles. The number of carbonyl (C=O) groups excluding carboxylic acids is 1. The molecule has 0 radical (unpaired) electrons. The number of rotatable bonds is 4. The molecule has 1 unspecified atom stereocenters. The highest BCUT2D eigenvalue weighted by molar-refractivity contribution is 5.86. The third kappa shape index (κ3) is 3.16. The number of hydrogen-bond acceptors (Lipinski definition) is 4. The first kappa shape index (κ1) is 13.2. The van der Waals surface area contributed by atoms with Crippen molar-refractivity contribution in [3.63, 3.8) is 0 Å². The van der Waals surface area contributed by atoms with Gasteiger partial charge in [-0.3, -0.25) is 0 Å². The fourth-order valence-electron chi connectivity index (χ4n) is 1.66. The summed E-state index contributed by atoms with van der Waals surface area (Å²) in [7, 11) is 1.32. The lowest BCUT2D eigenvalue weighted by Crippen LogP contribution is -2.02. The van der Waals surface area contributed by atoms with Gasteiger partial charge >= 0.3 is 5.97 Å². The van der Waals surface area contributed by atoms with Crippen LogP contribution in [0.25, 0.3) is 0 Å². The molecule has 4 heteroatoms. The second kappa shape index (κ2) is 5.61. The Hall–Kier alpha value is -2.23. The highest BCUT2D eigenvalue weighted by Crippen LogP contribution is 2.23. The van der Waals surface area contributed by atoms with Crippen LogP contribution in [0, 0.1) is 6.92 Å². The number of aryl methyl sites for hydroxylation is 1. The Kier molecular flexibility index (Phi) is 3.90. The van der Waals surface area contributed by atoms with Gasteiger partial charge in [0, 0.05) is 0 Å². The van der Waals surface area contributed by atoms with Gasteiger partial charge in [0.15, 0.2) is 6.10 Å². The summed E-state index contributed by atoms with van der Waals surface area (Å²) >= 11 is 0. The zero-order valence-corrected chi connectivity index (χ0v) is 11.2.